The predicted molar refractivity (Wildman–Crippen MR) is 83.2 cm³/mol. The van der Waals surface area contributed by atoms with Crippen LogP contribution in [0.4, 0.5) is 0 Å². The highest BCUT2D eigenvalue weighted by Crippen LogP contribution is 2.20. The van der Waals surface area contributed by atoms with E-state index in [1.807, 2.05) is 34.8 Å². The molecule has 1 saturated heterocycles. The second-order valence-electron chi connectivity index (χ2n) is 6.10. The number of nitrogens with zero attached hydrogens (tertiary/aromatic N) is 4. The van der Waals surface area contributed by atoms with Gasteiger partial charge in [-0.25, -0.2) is 0 Å². The molecule has 2 aromatic rings. The van der Waals surface area contributed by atoms with Gasteiger partial charge in [-0.2, -0.15) is 10.2 Å². The number of rotatable bonds is 5. The quantitative estimate of drug-likeness (QED) is 0.915. The van der Waals surface area contributed by atoms with Gasteiger partial charge in [0, 0.05) is 44.1 Å². The first kappa shape index (κ1) is 14.8. The minimum Gasteiger partial charge on any atom is -0.342 e. The number of aromatic nitrogens is 4. The molecule has 6 heteroatoms. The number of amides is 1. The summed E-state index contributed by atoms with van der Waals surface area (Å²) in [4.78, 5) is 14.4. The minimum absolute atomic E-state index is 0.238. The molecule has 1 amide bonds. The summed E-state index contributed by atoms with van der Waals surface area (Å²) in [5.74, 6) is 0.771. The standard InChI is InChI=1S/C16H23N5O/c1-13-5-9-21(19-13)10-6-16(22)20-8-2-3-14(12-20)11-15-4-7-17-18-15/h4-5,7,9,14H,2-3,6,8,10-12H2,1H3,(H,17,18). The summed E-state index contributed by atoms with van der Waals surface area (Å²) in [5, 5.41) is 11.3. The van der Waals surface area contributed by atoms with Crippen LogP contribution in [0.5, 0.6) is 0 Å². The molecule has 1 aliphatic heterocycles. The zero-order chi connectivity index (χ0) is 15.4. The maximum atomic E-state index is 12.4. The Balaban J connectivity index is 1.49. The Labute approximate surface area is 130 Å². The average Bonchev–Trinajstić information content (AvgIpc) is 3.17. The summed E-state index contributed by atoms with van der Waals surface area (Å²) < 4.78 is 1.85. The number of hydrogen-bond donors (Lipinski definition) is 1. The lowest BCUT2D eigenvalue weighted by Crippen LogP contribution is -2.40. The molecular weight excluding hydrogens is 278 g/mol. The Morgan fingerprint density at radius 1 is 1.45 bits per heavy atom. The molecule has 1 aliphatic rings. The van der Waals surface area contributed by atoms with Gasteiger partial charge >= 0.3 is 0 Å². The lowest BCUT2D eigenvalue weighted by Gasteiger charge is -2.32. The van der Waals surface area contributed by atoms with Gasteiger partial charge in [0.1, 0.15) is 0 Å². The van der Waals surface area contributed by atoms with Crippen LogP contribution in [0.2, 0.25) is 0 Å². The van der Waals surface area contributed by atoms with Crippen molar-refractivity contribution in [3.63, 3.8) is 0 Å². The van der Waals surface area contributed by atoms with E-state index in [-0.39, 0.29) is 5.91 Å². The summed E-state index contributed by atoms with van der Waals surface area (Å²) in [6.45, 7) is 4.36. The molecule has 0 spiro atoms. The van der Waals surface area contributed by atoms with Crippen LogP contribution < -0.4 is 0 Å². The number of H-pyrrole nitrogens is 1. The fourth-order valence-electron chi connectivity index (χ4n) is 3.12. The maximum Gasteiger partial charge on any atom is 0.224 e. The fraction of sp³-hybridized carbons (Fsp3) is 0.562. The number of likely N-dealkylation sites (tertiary alicyclic amines) is 1. The molecule has 0 bridgehead atoms. The lowest BCUT2D eigenvalue weighted by molar-refractivity contribution is -0.133. The van der Waals surface area contributed by atoms with Gasteiger partial charge in [0.05, 0.1) is 5.69 Å². The topological polar surface area (TPSA) is 66.8 Å². The largest absolute Gasteiger partial charge is 0.342 e. The summed E-state index contributed by atoms with van der Waals surface area (Å²) in [6, 6.07) is 3.98. The number of carbonyl (C=O) groups excluding carboxylic acids is 1. The number of aromatic amines is 1. The van der Waals surface area contributed by atoms with Crippen molar-refractivity contribution >= 4 is 5.91 Å². The van der Waals surface area contributed by atoms with Crippen LogP contribution >= 0.6 is 0 Å². The summed E-state index contributed by atoms with van der Waals surface area (Å²) in [6.07, 6.45) is 7.49. The van der Waals surface area contributed by atoms with Crippen molar-refractivity contribution in [3.05, 3.63) is 35.9 Å². The van der Waals surface area contributed by atoms with Gasteiger partial charge in [-0.3, -0.25) is 14.6 Å². The second kappa shape index (κ2) is 6.77. The van der Waals surface area contributed by atoms with E-state index in [0.29, 0.717) is 18.9 Å². The van der Waals surface area contributed by atoms with Crippen molar-refractivity contribution in [2.75, 3.05) is 13.1 Å². The van der Waals surface area contributed by atoms with Crippen molar-refractivity contribution in [1.82, 2.24) is 24.9 Å². The molecule has 1 fully saturated rings. The Morgan fingerprint density at radius 2 is 2.36 bits per heavy atom. The number of nitrogens with one attached hydrogen (secondary N) is 1. The first-order chi connectivity index (χ1) is 10.7. The van der Waals surface area contributed by atoms with E-state index >= 15 is 0 Å². The van der Waals surface area contributed by atoms with E-state index < -0.39 is 0 Å². The van der Waals surface area contributed by atoms with Gasteiger partial charge in [-0.1, -0.05) is 0 Å². The highest BCUT2D eigenvalue weighted by atomic mass is 16.2. The molecule has 1 unspecified atom stereocenters. The zero-order valence-electron chi connectivity index (χ0n) is 13.0. The molecule has 0 aromatic carbocycles. The highest BCUT2D eigenvalue weighted by Gasteiger charge is 2.23. The third kappa shape index (κ3) is 3.75. The van der Waals surface area contributed by atoms with E-state index in [2.05, 4.69) is 15.3 Å². The molecule has 2 aromatic heterocycles. The first-order valence-electron chi connectivity index (χ1n) is 7.97. The van der Waals surface area contributed by atoms with E-state index in [1.165, 1.54) is 6.42 Å². The SMILES string of the molecule is Cc1ccn(CCC(=O)N2CCCC(Cc3ccn[nH]3)C2)n1. The molecule has 118 valence electrons. The molecular formula is C16H23N5O. The Morgan fingerprint density at radius 3 is 3.09 bits per heavy atom. The van der Waals surface area contributed by atoms with Crippen LogP contribution in [0.3, 0.4) is 0 Å². The van der Waals surface area contributed by atoms with Crippen LogP contribution in [0, 0.1) is 12.8 Å². The van der Waals surface area contributed by atoms with Crippen molar-refractivity contribution in [2.45, 2.75) is 39.2 Å². The van der Waals surface area contributed by atoms with Gasteiger partial charge in [-0.05, 0) is 44.2 Å². The van der Waals surface area contributed by atoms with Gasteiger partial charge in [0.2, 0.25) is 5.91 Å². The normalized spacial score (nSPS) is 18.6. The molecule has 0 radical (unpaired) electrons. The van der Waals surface area contributed by atoms with Gasteiger partial charge in [0.15, 0.2) is 0 Å². The van der Waals surface area contributed by atoms with Crippen molar-refractivity contribution in [3.8, 4) is 0 Å². The van der Waals surface area contributed by atoms with Gasteiger partial charge in [0.25, 0.3) is 0 Å². The highest BCUT2D eigenvalue weighted by molar-refractivity contribution is 5.76. The molecule has 1 N–H and O–H groups in total. The number of carbonyl (C=O) groups is 1. The van der Waals surface area contributed by atoms with E-state index in [4.69, 9.17) is 0 Å². The second-order valence-corrected chi connectivity index (χ2v) is 6.10. The first-order valence-corrected chi connectivity index (χ1v) is 7.97. The maximum absolute atomic E-state index is 12.4. The fourth-order valence-corrected chi connectivity index (χ4v) is 3.12. The molecule has 6 nitrogen and oxygen atoms in total. The van der Waals surface area contributed by atoms with Gasteiger partial charge in [-0.15, -0.1) is 0 Å². The Hall–Kier alpha value is -2.11. The van der Waals surface area contributed by atoms with Crippen LogP contribution in [-0.4, -0.2) is 43.9 Å². The van der Waals surface area contributed by atoms with Crippen molar-refractivity contribution in [1.29, 1.82) is 0 Å². The molecule has 22 heavy (non-hydrogen) atoms. The van der Waals surface area contributed by atoms with Crippen molar-refractivity contribution in [2.24, 2.45) is 5.92 Å². The van der Waals surface area contributed by atoms with E-state index in [9.17, 15) is 4.79 Å². The summed E-state index contributed by atoms with van der Waals surface area (Å²) in [5.41, 5.74) is 2.15. The van der Waals surface area contributed by atoms with Crippen molar-refractivity contribution < 1.29 is 4.79 Å². The van der Waals surface area contributed by atoms with Crippen LogP contribution in [0.15, 0.2) is 24.5 Å². The van der Waals surface area contributed by atoms with Crippen LogP contribution in [0.1, 0.15) is 30.7 Å². The minimum atomic E-state index is 0.238. The molecule has 1 atom stereocenters. The zero-order valence-corrected chi connectivity index (χ0v) is 13.0. The number of hydrogen-bond acceptors (Lipinski definition) is 3. The number of piperidine rings is 1. The third-order valence-corrected chi connectivity index (χ3v) is 4.27. The van der Waals surface area contributed by atoms with E-state index in [1.54, 1.807) is 6.20 Å². The van der Waals surface area contributed by atoms with Crippen LogP contribution in [-0.2, 0) is 17.8 Å². The van der Waals surface area contributed by atoms with Gasteiger partial charge < -0.3 is 4.90 Å². The molecule has 3 rings (SSSR count). The monoisotopic (exact) mass is 301 g/mol. The number of aryl methyl sites for hydroxylation is 2. The smallest absolute Gasteiger partial charge is 0.224 e. The molecule has 0 aliphatic carbocycles. The summed E-state index contributed by atoms with van der Waals surface area (Å²) in [7, 11) is 0. The molecule has 3 heterocycles. The van der Waals surface area contributed by atoms with E-state index in [0.717, 1.165) is 37.3 Å². The Kier molecular flexibility index (Phi) is 4.56. The van der Waals surface area contributed by atoms with Crippen LogP contribution in [0.25, 0.3) is 0 Å². The Bertz CT molecular complexity index is 604. The summed E-state index contributed by atoms with van der Waals surface area (Å²) >= 11 is 0. The lowest BCUT2D eigenvalue weighted by atomic mass is 9.93. The average molecular weight is 301 g/mol. The predicted octanol–water partition coefficient (Wildman–Crippen LogP) is 1.79. The third-order valence-electron chi connectivity index (χ3n) is 4.27. The molecule has 0 saturated carbocycles.